The van der Waals surface area contributed by atoms with E-state index >= 15 is 0 Å². The van der Waals surface area contributed by atoms with Gasteiger partial charge in [-0.25, -0.2) is 4.79 Å². The van der Waals surface area contributed by atoms with Crippen molar-refractivity contribution in [2.24, 2.45) is 7.05 Å². The smallest absolute Gasteiger partial charge is 0.329 e. The average Bonchev–Trinajstić information content (AvgIpc) is 2.79. The highest BCUT2D eigenvalue weighted by molar-refractivity contribution is 5.82. The number of fused-ring (bicyclic) bond motifs is 1. The molecule has 0 aliphatic heterocycles. The van der Waals surface area contributed by atoms with Crippen LogP contribution >= 0.6 is 0 Å². The largest absolute Gasteiger partial charge is 0.481 e. The van der Waals surface area contributed by atoms with Gasteiger partial charge < -0.3 is 10.4 Å². The van der Waals surface area contributed by atoms with E-state index in [4.69, 9.17) is 5.11 Å². The number of carboxylic acid groups (broad SMARTS) is 1. The average molecular weight is 333 g/mol. The molecule has 0 saturated heterocycles. The number of aryl methyl sites for hydroxylation is 1. The van der Waals surface area contributed by atoms with Gasteiger partial charge in [-0.3, -0.25) is 18.7 Å². The second-order valence-electron chi connectivity index (χ2n) is 6.02. The van der Waals surface area contributed by atoms with E-state index in [-0.39, 0.29) is 24.6 Å². The molecule has 2 N–H and O–H groups in total. The highest BCUT2D eigenvalue weighted by Crippen LogP contribution is 2.20. The Labute approximate surface area is 139 Å². The van der Waals surface area contributed by atoms with Crippen molar-refractivity contribution in [2.75, 3.05) is 0 Å². The molecule has 0 bridgehead atoms. The number of aromatic nitrogens is 2. The molecule has 1 heterocycles. The van der Waals surface area contributed by atoms with Crippen molar-refractivity contribution in [1.82, 2.24) is 14.5 Å². The third-order valence-electron chi connectivity index (χ3n) is 4.60. The Morgan fingerprint density at radius 3 is 2.29 bits per heavy atom. The number of hydrogen-bond acceptors (Lipinski definition) is 3. The molecular formula is C17H23N3O4. The van der Waals surface area contributed by atoms with Gasteiger partial charge in [0.2, 0.25) is 5.91 Å². The molecular weight excluding hydrogens is 310 g/mol. The molecule has 7 heteroatoms. The van der Waals surface area contributed by atoms with Crippen LogP contribution in [-0.2, 0) is 23.2 Å². The summed E-state index contributed by atoms with van der Waals surface area (Å²) in [7, 11) is 1.66. The Morgan fingerprint density at radius 1 is 1.17 bits per heavy atom. The van der Waals surface area contributed by atoms with E-state index in [9.17, 15) is 14.4 Å². The maximum Gasteiger partial charge on any atom is 0.329 e. The maximum atomic E-state index is 12.5. The molecule has 2 aromatic rings. The van der Waals surface area contributed by atoms with Gasteiger partial charge in [-0.1, -0.05) is 26.0 Å². The SMILES string of the molecule is CCC(CC)(CC(=O)O)NC(=O)Cn1c(=O)n(C)c2ccccc21. The fourth-order valence-corrected chi connectivity index (χ4v) is 3.01. The number of nitrogens with zero attached hydrogens (tertiary/aromatic N) is 2. The highest BCUT2D eigenvalue weighted by atomic mass is 16.4. The standard InChI is InChI=1S/C17H23N3O4/c1-4-17(5-2,10-15(22)23)18-14(21)11-20-13-9-7-6-8-12(13)19(3)16(20)24/h6-9H,4-5,10-11H2,1-3H3,(H,18,21)(H,22,23). The maximum absolute atomic E-state index is 12.5. The fourth-order valence-electron chi connectivity index (χ4n) is 3.01. The van der Waals surface area contributed by atoms with Crippen LogP contribution in [0.4, 0.5) is 0 Å². The van der Waals surface area contributed by atoms with E-state index in [0.717, 1.165) is 5.52 Å². The summed E-state index contributed by atoms with van der Waals surface area (Å²) < 4.78 is 2.90. The second kappa shape index (κ2) is 6.90. The topological polar surface area (TPSA) is 93.3 Å². The van der Waals surface area contributed by atoms with Crippen molar-refractivity contribution in [2.45, 2.75) is 45.2 Å². The summed E-state index contributed by atoms with van der Waals surface area (Å²) in [5.41, 5.74) is 0.357. The summed E-state index contributed by atoms with van der Waals surface area (Å²) in [4.78, 5) is 35.9. The van der Waals surface area contributed by atoms with Gasteiger partial charge in [0.25, 0.3) is 0 Å². The fraction of sp³-hybridized carbons (Fsp3) is 0.471. The van der Waals surface area contributed by atoms with Crippen molar-refractivity contribution >= 4 is 22.9 Å². The first kappa shape index (κ1) is 17.8. The van der Waals surface area contributed by atoms with Gasteiger partial charge in [0.05, 0.1) is 23.0 Å². The predicted octanol–water partition coefficient (Wildman–Crippen LogP) is 1.49. The van der Waals surface area contributed by atoms with E-state index in [0.29, 0.717) is 18.4 Å². The molecule has 1 amide bonds. The van der Waals surface area contributed by atoms with Crippen molar-refractivity contribution in [1.29, 1.82) is 0 Å². The normalized spacial score (nSPS) is 11.6. The Kier molecular flexibility index (Phi) is 5.11. The van der Waals surface area contributed by atoms with Crippen LogP contribution in [0.5, 0.6) is 0 Å². The van der Waals surface area contributed by atoms with Gasteiger partial charge in [-0.2, -0.15) is 0 Å². The van der Waals surface area contributed by atoms with Crippen LogP contribution < -0.4 is 11.0 Å². The van der Waals surface area contributed by atoms with E-state index in [1.807, 2.05) is 32.0 Å². The minimum atomic E-state index is -0.957. The molecule has 0 atom stereocenters. The van der Waals surface area contributed by atoms with Crippen LogP contribution in [0.15, 0.2) is 29.1 Å². The molecule has 1 aromatic heterocycles. The van der Waals surface area contributed by atoms with Gasteiger partial charge in [0.15, 0.2) is 0 Å². The zero-order valence-electron chi connectivity index (χ0n) is 14.2. The molecule has 7 nitrogen and oxygen atoms in total. The van der Waals surface area contributed by atoms with Crippen LogP contribution in [0.25, 0.3) is 11.0 Å². The Morgan fingerprint density at radius 2 is 1.75 bits per heavy atom. The minimum absolute atomic E-state index is 0.137. The number of carbonyl (C=O) groups excluding carboxylic acids is 1. The number of carbonyl (C=O) groups is 2. The zero-order chi connectivity index (χ0) is 17.9. The van der Waals surface area contributed by atoms with Crippen molar-refractivity contribution < 1.29 is 14.7 Å². The molecule has 24 heavy (non-hydrogen) atoms. The van der Waals surface area contributed by atoms with E-state index in [1.54, 1.807) is 13.1 Å². The number of hydrogen-bond donors (Lipinski definition) is 2. The Hall–Kier alpha value is -2.57. The predicted molar refractivity (Wildman–Crippen MR) is 90.9 cm³/mol. The lowest BCUT2D eigenvalue weighted by Gasteiger charge is -2.31. The van der Waals surface area contributed by atoms with E-state index in [2.05, 4.69) is 5.32 Å². The quantitative estimate of drug-likeness (QED) is 0.803. The number of benzene rings is 1. The third-order valence-corrected chi connectivity index (χ3v) is 4.60. The van der Waals surface area contributed by atoms with Crippen LogP contribution in [0.1, 0.15) is 33.1 Å². The molecule has 0 unspecified atom stereocenters. The molecule has 0 aliphatic rings. The molecule has 0 radical (unpaired) electrons. The minimum Gasteiger partial charge on any atom is -0.481 e. The molecule has 0 saturated carbocycles. The molecule has 130 valence electrons. The van der Waals surface area contributed by atoms with Crippen molar-refractivity contribution in [3.8, 4) is 0 Å². The van der Waals surface area contributed by atoms with Crippen LogP contribution in [-0.4, -0.2) is 31.7 Å². The van der Waals surface area contributed by atoms with E-state index < -0.39 is 11.5 Å². The van der Waals surface area contributed by atoms with Crippen LogP contribution in [0.2, 0.25) is 0 Å². The monoisotopic (exact) mass is 333 g/mol. The number of imidazole rings is 1. The lowest BCUT2D eigenvalue weighted by Crippen LogP contribution is -2.50. The molecule has 0 aliphatic carbocycles. The van der Waals surface area contributed by atoms with Gasteiger partial charge in [-0.05, 0) is 25.0 Å². The summed E-state index contributed by atoms with van der Waals surface area (Å²) in [5, 5.41) is 11.9. The zero-order valence-corrected chi connectivity index (χ0v) is 14.2. The summed E-state index contributed by atoms with van der Waals surface area (Å²) in [5.74, 6) is -1.32. The van der Waals surface area contributed by atoms with Crippen molar-refractivity contribution in [3.63, 3.8) is 0 Å². The van der Waals surface area contributed by atoms with Crippen molar-refractivity contribution in [3.05, 3.63) is 34.7 Å². The van der Waals surface area contributed by atoms with Crippen LogP contribution in [0.3, 0.4) is 0 Å². The molecule has 2 rings (SSSR count). The highest BCUT2D eigenvalue weighted by Gasteiger charge is 2.31. The summed E-state index contributed by atoms with van der Waals surface area (Å²) in [6, 6.07) is 7.24. The Balaban J connectivity index is 2.28. The number of amides is 1. The number of carboxylic acids is 1. The Bertz CT molecular complexity index is 815. The number of rotatable bonds is 7. The van der Waals surface area contributed by atoms with Gasteiger partial charge in [0, 0.05) is 7.05 Å². The summed E-state index contributed by atoms with van der Waals surface area (Å²) in [6.45, 7) is 3.55. The first-order chi connectivity index (χ1) is 11.3. The van der Waals surface area contributed by atoms with Crippen LogP contribution in [0, 0.1) is 0 Å². The molecule has 0 spiro atoms. The summed E-state index contributed by atoms with van der Waals surface area (Å²) >= 11 is 0. The molecule has 0 fully saturated rings. The van der Waals surface area contributed by atoms with Gasteiger partial charge >= 0.3 is 11.7 Å². The first-order valence-corrected chi connectivity index (χ1v) is 8.00. The number of nitrogens with one attached hydrogen (secondary N) is 1. The number of para-hydroxylation sites is 2. The van der Waals surface area contributed by atoms with E-state index in [1.165, 1.54) is 9.13 Å². The lowest BCUT2D eigenvalue weighted by atomic mass is 9.89. The lowest BCUT2D eigenvalue weighted by molar-refractivity contribution is -0.139. The number of aliphatic carboxylic acids is 1. The first-order valence-electron chi connectivity index (χ1n) is 8.00. The molecule has 1 aromatic carbocycles. The van der Waals surface area contributed by atoms with Gasteiger partial charge in [0.1, 0.15) is 6.54 Å². The van der Waals surface area contributed by atoms with Gasteiger partial charge in [-0.15, -0.1) is 0 Å². The summed E-state index contributed by atoms with van der Waals surface area (Å²) in [6.07, 6.45) is 0.869. The second-order valence-corrected chi connectivity index (χ2v) is 6.02. The third kappa shape index (κ3) is 3.34.